The van der Waals surface area contributed by atoms with Gasteiger partial charge in [-0.3, -0.25) is 9.36 Å². The van der Waals surface area contributed by atoms with Crippen molar-refractivity contribution < 1.29 is 8.42 Å². The van der Waals surface area contributed by atoms with Crippen molar-refractivity contribution in [3.63, 3.8) is 0 Å². The molecular weight excluding hydrogens is 500 g/mol. The average Bonchev–Trinajstić information content (AvgIpc) is 3.17. The van der Waals surface area contributed by atoms with Crippen LogP contribution in [0, 0.1) is 0 Å². The van der Waals surface area contributed by atoms with Gasteiger partial charge in [-0.1, -0.05) is 60.2 Å². The second kappa shape index (κ2) is 9.90. The number of thiazole rings is 1. The van der Waals surface area contributed by atoms with E-state index < -0.39 is 10.0 Å². The molecule has 8 heteroatoms. The van der Waals surface area contributed by atoms with Crippen LogP contribution in [-0.2, 0) is 29.4 Å². The summed E-state index contributed by atoms with van der Waals surface area (Å²) in [4.78, 5) is 12.7. The smallest absolute Gasteiger partial charge is 0.294 e. The van der Waals surface area contributed by atoms with E-state index in [0.29, 0.717) is 22.7 Å². The topological polar surface area (TPSA) is 68.2 Å². The van der Waals surface area contributed by atoms with Gasteiger partial charge in [0.2, 0.25) is 10.0 Å². The molecule has 182 valence electrons. The normalized spacial score (nSPS) is 14.7. The second-order valence-electron chi connectivity index (χ2n) is 9.03. The molecule has 5 nitrogen and oxygen atoms in total. The van der Waals surface area contributed by atoms with E-state index in [1.54, 1.807) is 34.9 Å². The standard InChI is InChI=1S/C27H27ClN2O3S2/c1-2-24(21-10-9-19-5-3-4-6-20(19)15-21)29-35(32,33)23-13-14-25-26(16-23)34-27(31)30(25)17-18-7-11-22(28)12-8-18/h7-16,24,29H,2-6,17H2,1H3/t24-/m1/s1. The van der Waals surface area contributed by atoms with Crippen LogP contribution >= 0.6 is 22.9 Å². The summed E-state index contributed by atoms with van der Waals surface area (Å²) < 4.78 is 31.8. The lowest BCUT2D eigenvalue weighted by atomic mass is 9.89. The minimum Gasteiger partial charge on any atom is -0.294 e. The lowest BCUT2D eigenvalue weighted by molar-refractivity contribution is 0.549. The highest BCUT2D eigenvalue weighted by Gasteiger charge is 2.23. The highest BCUT2D eigenvalue weighted by atomic mass is 35.5. The molecule has 0 unspecified atom stereocenters. The Morgan fingerprint density at radius 3 is 2.49 bits per heavy atom. The van der Waals surface area contributed by atoms with Crippen molar-refractivity contribution in [3.8, 4) is 0 Å². The number of halogens is 1. The van der Waals surface area contributed by atoms with Crippen LogP contribution in [0.1, 0.15) is 54.5 Å². The molecule has 1 aliphatic carbocycles. The molecular formula is C27H27ClN2O3S2. The van der Waals surface area contributed by atoms with E-state index in [4.69, 9.17) is 11.6 Å². The van der Waals surface area contributed by atoms with E-state index in [0.717, 1.165) is 40.8 Å². The third kappa shape index (κ3) is 5.09. The van der Waals surface area contributed by atoms with E-state index in [9.17, 15) is 13.2 Å². The molecule has 0 bridgehead atoms. The fraction of sp³-hybridized carbons (Fsp3) is 0.296. The maximum Gasteiger partial charge on any atom is 0.308 e. The molecule has 1 heterocycles. The number of benzene rings is 3. The zero-order chi connectivity index (χ0) is 24.6. The molecule has 1 N–H and O–H groups in total. The highest BCUT2D eigenvalue weighted by molar-refractivity contribution is 7.89. The molecule has 4 aromatic rings. The SMILES string of the molecule is CC[C@@H](NS(=O)(=O)c1ccc2c(c1)sc(=O)n2Cc1ccc(Cl)cc1)c1ccc2c(c1)CCCC2. The van der Waals surface area contributed by atoms with Crippen molar-refractivity contribution in [3.05, 3.63) is 97.6 Å². The van der Waals surface area contributed by atoms with E-state index >= 15 is 0 Å². The van der Waals surface area contributed by atoms with E-state index in [1.165, 1.54) is 24.0 Å². The maximum absolute atomic E-state index is 13.3. The first-order valence-electron chi connectivity index (χ1n) is 11.9. The van der Waals surface area contributed by atoms with E-state index in [2.05, 4.69) is 16.9 Å². The Hall–Kier alpha value is -2.45. The third-order valence-electron chi connectivity index (χ3n) is 6.68. The lowest BCUT2D eigenvalue weighted by Gasteiger charge is -2.21. The number of aryl methyl sites for hydroxylation is 2. The summed E-state index contributed by atoms with van der Waals surface area (Å²) in [6, 6.07) is 18.3. The number of fused-ring (bicyclic) bond motifs is 2. The molecule has 35 heavy (non-hydrogen) atoms. The Bertz CT molecular complexity index is 1540. The highest BCUT2D eigenvalue weighted by Crippen LogP contribution is 2.28. The van der Waals surface area contributed by atoms with Gasteiger partial charge in [-0.2, -0.15) is 0 Å². The van der Waals surface area contributed by atoms with Crippen molar-refractivity contribution >= 4 is 43.2 Å². The lowest BCUT2D eigenvalue weighted by Crippen LogP contribution is -2.28. The number of hydrogen-bond acceptors (Lipinski definition) is 4. The minimum absolute atomic E-state index is 0.127. The summed E-state index contributed by atoms with van der Waals surface area (Å²) in [6.45, 7) is 2.38. The first-order valence-corrected chi connectivity index (χ1v) is 14.5. The van der Waals surface area contributed by atoms with Gasteiger partial charge in [0.05, 0.1) is 21.7 Å². The number of hydrogen-bond donors (Lipinski definition) is 1. The Morgan fingerprint density at radius 2 is 1.74 bits per heavy atom. The first-order chi connectivity index (χ1) is 16.8. The van der Waals surface area contributed by atoms with Gasteiger partial charge in [0.25, 0.3) is 0 Å². The number of rotatable bonds is 7. The van der Waals surface area contributed by atoms with Gasteiger partial charge >= 0.3 is 4.87 Å². The molecule has 0 saturated carbocycles. The van der Waals surface area contributed by atoms with Crippen molar-refractivity contribution in [1.82, 2.24) is 9.29 Å². The van der Waals surface area contributed by atoms with Crippen LogP contribution in [0.25, 0.3) is 10.2 Å². The molecule has 0 spiro atoms. The van der Waals surface area contributed by atoms with Gasteiger partial charge in [0.1, 0.15) is 0 Å². The molecule has 5 rings (SSSR count). The Morgan fingerprint density at radius 1 is 1.00 bits per heavy atom. The molecule has 0 saturated heterocycles. The summed E-state index contributed by atoms with van der Waals surface area (Å²) >= 11 is 7.02. The molecule has 1 atom stereocenters. The van der Waals surface area contributed by atoms with Gasteiger partial charge in [-0.05, 0) is 84.7 Å². The minimum atomic E-state index is -3.77. The van der Waals surface area contributed by atoms with Crippen LogP contribution in [0.5, 0.6) is 0 Å². The molecule has 1 aromatic heterocycles. The monoisotopic (exact) mass is 526 g/mol. The summed E-state index contributed by atoms with van der Waals surface area (Å²) in [5, 5.41) is 0.638. The predicted molar refractivity (Wildman–Crippen MR) is 143 cm³/mol. The van der Waals surface area contributed by atoms with Gasteiger partial charge in [-0.15, -0.1) is 0 Å². The van der Waals surface area contributed by atoms with Crippen molar-refractivity contribution in [1.29, 1.82) is 0 Å². The number of nitrogens with one attached hydrogen (secondary N) is 1. The average molecular weight is 527 g/mol. The molecule has 0 radical (unpaired) electrons. The molecule has 1 aliphatic rings. The molecule has 0 aliphatic heterocycles. The maximum atomic E-state index is 13.3. The molecule has 3 aromatic carbocycles. The van der Waals surface area contributed by atoms with Gasteiger partial charge < -0.3 is 0 Å². The van der Waals surface area contributed by atoms with Crippen LogP contribution in [0.4, 0.5) is 0 Å². The second-order valence-corrected chi connectivity index (χ2v) is 12.2. The number of nitrogens with zero attached hydrogens (tertiary/aromatic N) is 1. The third-order valence-corrected chi connectivity index (χ3v) is 9.35. The van der Waals surface area contributed by atoms with Crippen LogP contribution in [0.15, 0.2) is 70.4 Å². The van der Waals surface area contributed by atoms with Crippen LogP contribution in [0.3, 0.4) is 0 Å². The van der Waals surface area contributed by atoms with Crippen molar-refractivity contribution in [2.24, 2.45) is 0 Å². The predicted octanol–water partition coefficient (Wildman–Crippen LogP) is 6.07. The van der Waals surface area contributed by atoms with Gasteiger partial charge in [-0.25, -0.2) is 13.1 Å². The zero-order valence-electron chi connectivity index (χ0n) is 19.5. The fourth-order valence-corrected chi connectivity index (χ4v) is 7.21. The number of aromatic nitrogens is 1. The summed E-state index contributed by atoms with van der Waals surface area (Å²) in [6.07, 6.45) is 5.18. The number of sulfonamides is 1. The summed E-state index contributed by atoms with van der Waals surface area (Å²) in [5.41, 5.74) is 5.37. The van der Waals surface area contributed by atoms with Gasteiger partial charge in [0, 0.05) is 11.1 Å². The summed E-state index contributed by atoms with van der Waals surface area (Å²) in [7, 11) is -3.77. The quantitative estimate of drug-likeness (QED) is 0.317. The Labute approximate surface area is 214 Å². The largest absolute Gasteiger partial charge is 0.308 e. The summed E-state index contributed by atoms with van der Waals surface area (Å²) in [5.74, 6) is 0. The van der Waals surface area contributed by atoms with E-state index in [-0.39, 0.29) is 15.8 Å². The van der Waals surface area contributed by atoms with E-state index in [1.807, 2.05) is 25.1 Å². The van der Waals surface area contributed by atoms with Crippen LogP contribution < -0.4 is 9.60 Å². The Balaban J connectivity index is 1.41. The van der Waals surface area contributed by atoms with Crippen LogP contribution in [-0.4, -0.2) is 13.0 Å². The van der Waals surface area contributed by atoms with Crippen molar-refractivity contribution in [2.75, 3.05) is 0 Å². The molecule has 0 fully saturated rings. The molecule has 0 amide bonds. The van der Waals surface area contributed by atoms with Gasteiger partial charge in [0.15, 0.2) is 0 Å². The Kier molecular flexibility index (Phi) is 6.86. The first kappa shape index (κ1) is 24.3. The zero-order valence-corrected chi connectivity index (χ0v) is 21.8. The fourth-order valence-electron chi connectivity index (χ4n) is 4.75. The van der Waals surface area contributed by atoms with Crippen LogP contribution in [0.2, 0.25) is 5.02 Å². The van der Waals surface area contributed by atoms with Crippen molar-refractivity contribution in [2.45, 2.75) is 56.5 Å².